The predicted molar refractivity (Wildman–Crippen MR) is 66.2 cm³/mol. The first kappa shape index (κ1) is 12.2. The molecule has 0 bridgehead atoms. The second kappa shape index (κ2) is 4.09. The van der Waals surface area contributed by atoms with Crippen molar-refractivity contribution in [1.29, 1.82) is 0 Å². The molecule has 3 rings (SSSR count). The summed E-state index contributed by atoms with van der Waals surface area (Å²) in [4.78, 5) is 3.70. The molecule has 6 heteroatoms. The molecule has 0 aromatic carbocycles. The molecule has 0 unspecified atom stereocenters. The lowest BCUT2D eigenvalue weighted by Gasteiger charge is -2.10. The first-order chi connectivity index (χ1) is 8.95. The van der Waals surface area contributed by atoms with Crippen molar-refractivity contribution in [3.63, 3.8) is 0 Å². The van der Waals surface area contributed by atoms with Crippen LogP contribution in [0.5, 0.6) is 0 Å². The van der Waals surface area contributed by atoms with Crippen LogP contribution in [0.1, 0.15) is 36.3 Å². The Morgan fingerprint density at radius 1 is 1.47 bits per heavy atom. The zero-order valence-electron chi connectivity index (χ0n) is 10.5. The Bertz CT molecular complexity index is 615. The van der Waals surface area contributed by atoms with Crippen molar-refractivity contribution in [2.75, 3.05) is 0 Å². The number of pyridine rings is 1. The summed E-state index contributed by atoms with van der Waals surface area (Å²) in [6.45, 7) is 0.831. The number of aryl methyl sites for hydroxylation is 1. The summed E-state index contributed by atoms with van der Waals surface area (Å²) in [6, 6.07) is 3.01. The first-order valence-corrected chi connectivity index (χ1v) is 6.14. The molecule has 4 nitrogen and oxygen atoms in total. The van der Waals surface area contributed by atoms with Gasteiger partial charge < -0.3 is 5.73 Å². The normalized spacial score (nSPS) is 18.6. The third-order valence-corrected chi connectivity index (χ3v) is 3.37. The van der Waals surface area contributed by atoms with Gasteiger partial charge in [0.15, 0.2) is 0 Å². The van der Waals surface area contributed by atoms with E-state index in [1.165, 1.54) is 12.3 Å². The lowest BCUT2D eigenvalue weighted by Crippen LogP contribution is -2.11. The van der Waals surface area contributed by atoms with Crippen molar-refractivity contribution >= 4 is 0 Å². The summed E-state index contributed by atoms with van der Waals surface area (Å²) in [7, 11) is 0. The van der Waals surface area contributed by atoms with Gasteiger partial charge in [-0.25, -0.2) is 4.68 Å². The molecule has 2 aromatic heterocycles. The summed E-state index contributed by atoms with van der Waals surface area (Å²) in [6.07, 6.45) is 4.92. The SMILES string of the molecule is CC(F)(F)c1cc(-n2cc3c(n2)CC[C@@H]3N)ccn1. The number of rotatable bonds is 2. The smallest absolute Gasteiger partial charge is 0.287 e. The van der Waals surface area contributed by atoms with E-state index in [1.54, 1.807) is 10.7 Å². The van der Waals surface area contributed by atoms with E-state index < -0.39 is 5.92 Å². The quantitative estimate of drug-likeness (QED) is 0.905. The van der Waals surface area contributed by atoms with E-state index in [2.05, 4.69) is 10.1 Å². The van der Waals surface area contributed by atoms with E-state index in [-0.39, 0.29) is 11.7 Å². The molecule has 1 aliphatic carbocycles. The largest absolute Gasteiger partial charge is 0.324 e. The lowest BCUT2D eigenvalue weighted by atomic mass is 10.2. The van der Waals surface area contributed by atoms with E-state index in [9.17, 15) is 8.78 Å². The fourth-order valence-electron chi connectivity index (χ4n) is 2.31. The summed E-state index contributed by atoms with van der Waals surface area (Å²) >= 11 is 0. The molecule has 0 saturated carbocycles. The number of fused-ring (bicyclic) bond motifs is 1. The van der Waals surface area contributed by atoms with Crippen molar-refractivity contribution in [2.24, 2.45) is 5.73 Å². The fourth-order valence-corrected chi connectivity index (χ4v) is 2.31. The third kappa shape index (κ3) is 2.12. The minimum atomic E-state index is -2.96. The number of aromatic nitrogens is 3. The van der Waals surface area contributed by atoms with Gasteiger partial charge in [0.25, 0.3) is 5.92 Å². The van der Waals surface area contributed by atoms with Gasteiger partial charge in [-0.05, 0) is 25.0 Å². The monoisotopic (exact) mass is 264 g/mol. The van der Waals surface area contributed by atoms with Gasteiger partial charge in [0, 0.05) is 30.9 Å². The van der Waals surface area contributed by atoms with Crippen molar-refractivity contribution in [3.05, 3.63) is 41.5 Å². The molecule has 0 saturated heterocycles. The van der Waals surface area contributed by atoms with Crippen molar-refractivity contribution in [1.82, 2.24) is 14.8 Å². The van der Waals surface area contributed by atoms with Crippen LogP contribution in [0.4, 0.5) is 8.78 Å². The second-order valence-corrected chi connectivity index (χ2v) is 4.91. The zero-order valence-corrected chi connectivity index (χ0v) is 10.5. The standard InChI is InChI=1S/C13H14F2N4/c1-13(14,15)12-6-8(4-5-17-12)19-7-9-10(16)2-3-11(9)18-19/h4-7,10H,2-3,16H2,1H3/t10-/m0/s1. The van der Waals surface area contributed by atoms with Crippen LogP contribution in [-0.2, 0) is 12.3 Å². The average Bonchev–Trinajstić information content (AvgIpc) is 2.91. The molecule has 2 aromatic rings. The maximum absolute atomic E-state index is 13.3. The van der Waals surface area contributed by atoms with Crippen LogP contribution in [0, 0.1) is 0 Å². The van der Waals surface area contributed by atoms with Crippen molar-refractivity contribution in [3.8, 4) is 5.69 Å². The van der Waals surface area contributed by atoms with Gasteiger partial charge in [0.2, 0.25) is 0 Å². The maximum atomic E-state index is 13.3. The Morgan fingerprint density at radius 3 is 2.95 bits per heavy atom. The molecule has 2 N–H and O–H groups in total. The van der Waals surface area contributed by atoms with E-state index in [1.807, 2.05) is 6.20 Å². The molecular formula is C13H14F2N4. The Kier molecular flexibility index (Phi) is 2.63. The van der Waals surface area contributed by atoms with Crippen molar-refractivity contribution in [2.45, 2.75) is 31.7 Å². The van der Waals surface area contributed by atoms with E-state index >= 15 is 0 Å². The van der Waals surface area contributed by atoms with Crippen LogP contribution in [0.3, 0.4) is 0 Å². The van der Waals surface area contributed by atoms with Crippen LogP contribution in [0.25, 0.3) is 5.69 Å². The van der Waals surface area contributed by atoms with Gasteiger partial charge in [0.1, 0.15) is 5.69 Å². The van der Waals surface area contributed by atoms with Crippen LogP contribution < -0.4 is 5.73 Å². The minimum absolute atomic E-state index is 0.00215. The van der Waals surface area contributed by atoms with Gasteiger partial charge in [-0.1, -0.05) is 0 Å². The number of alkyl halides is 2. The topological polar surface area (TPSA) is 56.7 Å². The molecule has 100 valence electrons. The van der Waals surface area contributed by atoms with E-state index in [0.717, 1.165) is 31.0 Å². The third-order valence-electron chi connectivity index (χ3n) is 3.37. The Hall–Kier alpha value is -1.82. The summed E-state index contributed by atoms with van der Waals surface area (Å²) in [5.74, 6) is -2.96. The Labute approximate surface area is 109 Å². The molecule has 2 heterocycles. The highest BCUT2D eigenvalue weighted by atomic mass is 19.3. The van der Waals surface area contributed by atoms with E-state index in [4.69, 9.17) is 5.73 Å². The molecule has 0 aliphatic heterocycles. The minimum Gasteiger partial charge on any atom is -0.324 e. The van der Waals surface area contributed by atoms with Gasteiger partial charge in [0.05, 0.1) is 11.4 Å². The number of hydrogen-bond donors (Lipinski definition) is 1. The molecule has 1 aliphatic rings. The zero-order chi connectivity index (χ0) is 13.6. The highest BCUT2D eigenvalue weighted by molar-refractivity contribution is 5.36. The molecule has 0 fully saturated rings. The lowest BCUT2D eigenvalue weighted by molar-refractivity contribution is 0.0127. The fraction of sp³-hybridized carbons (Fsp3) is 0.385. The van der Waals surface area contributed by atoms with Gasteiger partial charge in [-0.15, -0.1) is 0 Å². The number of hydrogen-bond acceptors (Lipinski definition) is 3. The molecule has 19 heavy (non-hydrogen) atoms. The van der Waals surface area contributed by atoms with Gasteiger partial charge in [-0.2, -0.15) is 13.9 Å². The van der Waals surface area contributed by atoms with Crippen LogP contribution in [0.2, 0.25) is 0 Å². The van der Waals surface area contributed by atoms with Gasteiger partial charge in [-0.3, -0.25) is 4.98 Å². The average molecular weight is 264 g/mol. The first-order valence-electron chi connectivity index (χ1n) is 6.14. The summed E-state index contributed by atoms with van der Waals surface area (Å²) in [5.41, 5.74) is 8.22. The Balaban J connectivity index is 2.01. The highest BCUT2D eigenvalue weighted by Crippen LogP contribution is 2.30. The molecule has 0 radical (unpaired) electrons. The summed E-state index contributed by atoms with van der Waals surface area (Å²) in [5, 5.41) is 4.40. The van der Waals surface area contributed by atoms with Crippen LogP contribution >= 0.6 is 0 Å². The Morgan fingerprint density at radius 2 is 2.26 bits per heavy atom. The highest BCUT2D eigenvalue weighted by Gasteiger charge is 2.27. The van der Waals surface area contributed by atoms with Crippen molar-refractivity contribution < 1.29 is 8.78 Å². The maximum Gasteiger partial charge on any atom is 0.287 e. The van der Waals surface area contributed by atoms with Crippen LogP contribution in [-0.4, -0.2) is 14.8 Å². The molecule has 0 amide bonds. The molecule has 1 atom stereocenters. The summed E-state index contributed by atoms with van der Waals surface area (Å²) < 4.78 is 28.1. The number of halogens is 2. The number of nitrogens with zero attached hydrogens (tertiary/aromatic N) is 3. The molecule has 0 spiro atoms. The van der Waals surface area contributed by atoms with Gasteiger partial charge >= 0.3 is 0 Å². The second-order valence-electron chi connectivity index (χ2n) is 4.91. The van der Waals surface area contributed by atoms with Crippen LogP contribution in [0.15, 0.2) is 24.5 Å². The predicted octanol–water partition coefficient (Wildman–Crippen LogP) is 2.32. The molecular weight excluding hydrogens is 250 g/mol. The number of nitrogens with two attached hydrogens (primary N) is 1. The van der Waals surface area contributed by atoms with E-state index in [0.29, 0.717) is 5.69 Å².